The van der Waals surface area contributed by atoms with Crippen molar-refractivity contribution < 1.29 is 9.59 Å². The Morgan fingerprint density at radius 2 is 2.05 bits per heavy atom. The molecule has 2 rings (SSSR count). The topological polar surface area (TPSA) is 70.2 Å². The molecule has 5 nitrogen and oxygen atoms in total. The number of benzene rings is 1. The van der Waals surface area contributed by atoms with Gasteiger partial charge in [0.15, 0.2) is 0 Å². The Hall–Kier alpha value is -1.59. The second-order valence-electron chi connectivity index (χ2n) is 5.72. The van der Waals surface area contributed by atoms with Crippen LogP contribution in [0.3, 0.4) is 0 Å². The highest BCUT2D eigenvalue weighted by Gasteiger charge is 2.19. The first kappa shape index (κ1) is 18.5. The minimum Gasteiger partial charge on any atom is -0.350 e. The molecule has 1 heterocycles. The highest BCUT2D eigenvalue weighted by atomic mass is 35.5. The summed E-state index contributed by atoms with van der Waals surface area (Å²) in [4.78, 5) is 24.2. The third-order valence-corrected chi connectivity index (χ3v) is 3.46. The fraction of sp³-hybridized carbons (Fsp3) is 0.500. The molecule has 1 unspecified atom stereocenters. The molecule has 0 saturated carbocycles. The average molecular weight is 326 g/mol. The zero-order valence-corrected chi connectivity index (χ0v) is 13.8. The smallest absolute Gasteiger partial charge is 0.253 e. The van der Waals surface area contributed by atoms with Crippen molar-refractivity contribution in [3.8, 4) is 0 Å². The van der Waals surface area contributed by atoms with Crippen LogP contribution >= 0.6 is 12.4 Å². The maximum absolute atomic E-state index is 12.1. The van der Waals surface area contributed by atoms with Gasteiger partial charge in [0.2, 0.25) is 5.91 Å². The van der Waals surface area contributed by atoms with E-state index in [9.17, 15) is 9.59 Å². The summed E-state index contributed by atoms with van der Waals surface area (Å²) in [7, 11) is 0. The first-order valence-electron chi connectivity index (χ1n) is 7.49. The molecular formula is C16H24ClN3O2. The Morgan fingerprint density at radius 1 is 1.32 bits per heavy atom. The molecule has 1 aliphatic heterocycles. The van der Waals surface area contributed by atoms with Crippen molar-refractivity contribution >= 4 is 29.9 Å². The van der Waals surface area contributed by atoms with Crippen LogP contribution in [0.2, 0.25) is 0 Å². The van der Waals surface area contributed by atoms with Crippen molar-refractivity contribution in [2.24, 2.45) is 0 Å². The number of hydrogen-bond donors (Lipinski definition) is 3. The molecule has 22 heavy (non-hydrogen) atoms. The lowest BCUT2D eigenvalue weighted by Gasteiger charge is -2.14. The number of hydrogen-bond acceptors (Lipinski definition) is 3. The summed E-state index contributed by atoms with van der Waals surface area (Å²) < 4.78 is 0. The second-order valence-corrected chi connectivity index (χ2v) is 5.72. The quantitative estimate of drug-likeness (QED) is 0.778. The van der Waals surface area contributed by atoms with Gasteiger partial charge in [-0.25, -0.2) is 0 Å². The van der Waals surface area contributed by atoms with Crippen LogP contribution in [0.1, 0.15) is 43.5 Å². The molecule has 1 fully saturated rings. The van der Waals surface area contributed by atoms with Gasteiger partial charge < -0.3 is 16.0 Å². The summed E-state index contributed by atoms with van der Waals surface area (Å²) in [5.41, 5.74) is 1.07. The molecule has 0 aromatic heterocycles. The zero-order chi connectivity index (χ0) is 15.2. The van der Waals surface area contributed by atoms with E-state index >= 15 is 0 Å². The number of carbonyl (C=O) groups excluding carboxylic acids is 2. The Labute approximate surface area is 137 Å². The van der Waals surface area contributed by atoms with E-state index in [-0.39, 0.29) is 36.3 Å². The van der Waals surface area contributed by atoms with Gasteiger partial charge in [-0.05, 0) is 45.4 Å². The molecule has 2 amide bonds. The summed E-state index contributed by atoms with van der Waals surface area (Å²) in [6.07, 6.45) is 2.59. The predicted octanol–water partition coefficient (Wildman–Crippen LogP) is 2.33. The number of para-hydroxylation sites is 1. The Balaban J connectivity index is 0.00000242. The molecule has 1 aromatic rings. The molecule has 0 spiro atoms. The van der Waals surface area contributed by atoms with Crippen LogP contribution in [0.25, 0.3) is 0 Å². The molecule has 1 saturated heterocycles. The predicted molar refractivity (Wildman–Crippen MR) is 90.6 cm³/mol. The van der Waals surface area contributed by atoms with Crippen LogP contribution in [0.4, 0.5) is 5.69 Å². The standard InChI is InChI=1S/C16H23N3O2.ClH/c1-11(2)18-16(21)13-7-3-4-8-14(13)19-15(20)10-12-6-5-9-17-12;/h3-4,7-8,11-12,17H,5-6,9-10H2,1-2H3,(H,18,21)(H,19,20);1H. The van der Waals surface area contributed by atoms with Crippen molar-refractivity contribution in [1.29, 1.82) is 0 Å². The molecule has 0 aliphatic carbocycles. The summed E-state index contributed by atoms with van der Waals surface area (Å²) in [6.45, 7) is 4.79. The van der Waals surface area contributed by atoms with Crippen LogP contribution < -0.4 is 16.0 Å². The molecule has 1 aliphatic rings. The highest BCUT2D eigenvalue weighted by Crippen LogP contribution is 2.17. The summed E-state index contributed by atoms with van der Waals surface area (Å²) >= 11 is 0. The van der Waals surface area contributed by atoms with Crippen molar-refractivity contribution in [1.82, 2.24) is 10.6 Å². The van der Waals surface area contributed by atoms with Gasteiger partial charge in [-0.1, -0.05) is 12.1 Å². The lowest BCUT2D eigenvalue weighted by molar-refractivity contribution is -0.116. The van der Waals surface area contributed by atoms with Crippen LogP contribution in [0, 0.1) is 0 Å². The normalized spacial score (nSPS) is 17.0. The van der Waals surface area contributed by atoms with Gasteiger partial charge in [-0.2, -0.15) is 0 Å². The number of anilines is 1. The van der Waals surface area contributed by atoms with E-state index in [1.165, 1.54) is 0 Å². The summed E-state index contributed by atoms with van der Waals surface area (Å²) in [5, 5.41) is 8.99. The maximum Gasteiger partial charge on any atom is 0.253 e. The minimum atomic E-state index is -0.167. The van der Waals surface area contributed by atoms with Gasteiger partial charge in [0.25, 0.3) is 5.91 Å². The van der Waals surface area contributed by atoms with Gasteiger partial charge in [0, 0.05) is 18.5 Å². The third kappa shape index (κ3) is 5.31. The minimum absolute atomic E-state index is 0. The maximum atomic E-state index is 12.1. The first-order valence-corrected chi connectivity index (χ1v) is 7.49. The number of halogens is 1. The molecular weight excluding hydrogens is 302 g/mol. The van der Waals surface area contributed by atoms with Gasteiger partial charge in [0.05, 0.1) is 11.3 Å². The van der Waals surface area contributed by atoms with E-state index in [0.717, 1.165) is 19.4 Å². The zero-order valence-electron chi connectivity index (χ0n) is 13.0. The molecule has 122 valence electrons. The Bertz CT molecular complexity index is 514. The molecule has 6 heteroatoms. The highest BCUT2D eigenvalue weighted by molar-refractivity contribution is 6.03. The SMILES string of the molecule is CC(C)NC(=O)c1ccccc1NC(=O)CC1CCCN1.Cl. The summed E-state index contributed by atoms with van der Waals surface area (Å²) in [6, 6.07) is 7.40. The van der Waals surface area contributed by atoms with E-state index in [2.05, 4.69) is 16.0 Å². The van der Waals surface area contributed by atoms with E-state index in [1.54, 1.807) is 18.2 Å². The van der Waals surface area contributed by atoms with E-state index in [1.807, 2.05) is 19.9 Å². The first-order chi connectivity index (χ1) is 10.1. The molecule has 0 bridgehead atoms. The summed E-state index contributed by atoms with van der Waals surface area (Å²) in [5.74, 6) is -0.223. The fourth-order valence-electron chi connectivity index (χ4n) is 2.49. The van der Waals surface area contributed by atoms with E-state index in [4.69, 9.17) is 0 Å². The van der Waals surface area contributed by atoms with Crippen LogP contribution in [0.5, 0.6) is 0 Å². The van der Waals surface area contributed by atoms with E-state index in [0.29, 0.717) is 17.7 Å². The molecule has 1 atom stereocenters. The molecule has 1 aromatic carbocycles. The van der Waals surface area contributed by atoms with Crippen LogP contribution in [-0.4, -0.2) is 30.4 Å². The fourth-order valence-corrected chi connectivity index (χ4v) is 2.49. The number of rotatable bonds is 5. The number of nitrogens with one attached hydrogen (secondary N) is 3. The lowest BCUT2D eigenvalue weighted by Crippen LogP contribution is -2.31. The van der Waals surface area contributed by atoms with Crippen LogP contribution in [-0.2, 0) is 4.79 Å². The van der Waals surface area contributed by atoms with Crippen LogP contribution in [0.15, 0.2) is 24.3 Å². The Kier molecular flexibility index (Phi) is 7.35. The largest absolute Gasteiger partial charge is 0.350 e. The van der Waals surface area contributed by atoms with Gasteiger partial charge in [-0.15, -0.1) is 12.4 Å². The monoisotopic (exact) mass is 325 g/mol. The average Bonchev–Trinajstić information content (AvgIpc) is 2.91. The van der Waals surface area contributed by atoms with Gasteiger partial charge in [-0.3, -0.25) is 9.59 Å². The lowest BCUT2D eigenvalue weighted by atomic mass is 10.1. The van der Waals surface area contributed by atoms with Crippen molar-refractivity contribution in [3.63, 3.8) is 0 Å². The molecule has 0 radical (unpaired) electrons. The third-order valence-electron chi connectivity index (χ3n) is 3.46. The second kappa shape index (κ2) is 8.76. The molecule has 3 N–H and O–H groups in total. The number of amides is 2. The Morgan fingerprint density at radius 3 is 2.68 bits per heavy atom. The van der Waals surface area contributed by atoms with Gasteiger partial charge >= 0.3 is 0 Å². The number of carbonyl (C=O) groups is 2. The van der Waals surface area contributed by atoms with Crippen molar-refractivity contribution in [3.05, 3.63) is 29.8 Å². The van der Waals surface area contributed by atoms with Crippen molar-refractivity contribution in [2.45, 2.75) is 45.2 Å². The van der Waals surface area contributed by atoms with Gasteiger partial charge in [0.1, 0.15) is 0 Å². The van der Waals surface area contributed by atoms with E-state index < -0.39 is 0 Å². The van der Waals surface area contributed by atoms with Crippen molar-refractivity contribution in [2.75, 3.05) is 11.9 Å².